The van der Waals surface area contributed by atoms with Gasteiger partial charge in [-0.05, 0) is 12.5 Å². The summed E-state index contributed by atoms with van der Waals surface area (Å²) in [5, 5.41) is 28.5. The van der Waals surface area contributed by atoms with Gasteiger partial charge in [0.25, 0.3) is 5.56 Å². The normalized spacial score (nSPS) is 27.3. The van der Waals surface area contributed by atoms with Crippen molar-refractivity contribution < 1.29 is 15.3 Å². The lowest BCUT2D eigenvalue weighted by molar-refractivity contribution is 0.0271. The van der Waals surface area contributed by atoms with E-state index in [-0.39, 0.29) is 5.57 Å². The highest BCUT2D eigenvalue weighted by Crippen LogP contribution is 2.27. The molecule has 0 saturated carbocycles. The minimum atomic E-state index is -1.23. The molecule has 0 aromatic carbocycles. The third-order valence-electron chi connectivity index (χ3n) is 3.09. The van der Waals surface area contributed by atoms with Gasteiger partial charge < -0.3 is 15.3 Å². The first-order chi connectivity index (χ1) is 8.45. The average Bonchev–Trinajstić information content (AvgIpc) is 2.61. The molecule has 0 bridgehead atoms. The summed E-state index contributed by atoms with van der Waals surface area (Å²) in [5.74, 6) is 0. The van der Waals surface area contributed by atoms with Crippen LogP contribution in [0.3, 0.4) is 0 Å². The van der Waals surface area contributed by atoms with Crippen LogP contribution in [0.25, 0.3) is 0 Å². The molecule has 1 aliphatic rings. The largest absolute Gasteiger partial charge is 0.392 e. The van der Waals surface area contributed by atoms with Gasteiger partial charge in [0.15, 0.2) is 0 Å². The van der Waals surface area contributed by atoms with Crippen molar-refractivity contribution in [1.29, 1.82) is 0 Å². The fraction of sp³-hybridized carbons (Fsp3) is 0.455. The van der Waals surface area contributed by atoms with Gasteiger partial charge in [0.2, 0.25) is 0 Å². The molecule has 0 saturated heterocycles. The molecular weight excluding hydrogens is 240 g/mol. The van der Waals surface area contributed by atoms with Gasteiger partial charge in [0.05, 0.1) is 12.6 Å². The van der Waals surface area contributed by atoms with Gasteiger partial charge in [-0.1, -0.05) is 6.08 Å². The number of nitrogens with one attached hydrogen (secondary N) is 1. The van der Waals surface area contributed by atoms with E-state index in [1.54, 1.807) is 0 Å². The van der Waals surface area contributed by atoms with E-state index in [0.717, 1.165) is 4.57 Å². The topological polar surface area (TPSA) is 116 Å². The van der Waals surface area contributed by atoms with Crippen molar-refractivity contribution in [3.05, 3.63) is 44.2 Å². The molecule has 4 N–H and O–H groups in total. The van der Waals surface area contributed by atoms with Gasteiger partial charge in [-0.15, -0.1) is 0 Å². The molecule has 1 aliphatic carbocycles. The highest BCUT2D eigenvalue weighted by molar-refractivity contribution is 5.23. The van der Waals surface area contributed by atoms with Crippen molar-refractivity contribution >= 4 is 0 Å². The number of hydrogen-bond donors (Lipinski definition) is 4. The summed E-state index contributed by atoms with van der Waals surface area (Å²) < 4.78 is 1.13. The lowest BCUT2D eigenvalue weighted by Gasteiger charge is -2.19. The molecule has 3 atom stereocenters. The molecule has 2 rings (SSSR count). The zero-order valence-electron chi connectivity index (χ0n) is 9.70. The van der Waals surface area contributed by atoms with E-state index < -0.39 is 36.1 Å². The maximum Gasteiger partial charge on any atom is 0.328 e. The molecular formula is C11H14N2O5. The van der Waals surface area contributed by atoms with Crippen LogP contribution in [-0.2, 0) is 0 Å². The predicted molar refractivity (Wildman–Crippen MR) is 62.3 cm³/mol. The molecule has 1 heterocycles. The lowest BCUT2D eigenvalue weighted by Crippen LogP contribution is -2.38. The molecule has 7 heteroatoms. The maximum absolute atomic E-state index is 11.6. The van der Waals surface area contributed by atoms with E-state index >= 15 is 0 Å². The fourth-order valence-electron chi connectivity index (χ4n) is 2.02. The van der Waals surface area contributed by atoms with Gasteiger partial charge in [-0.25, -0.2) is 4.79 Å². The van der Waals surface area contributed by atoms with E-state index in [1.807, 2.05) is 0 Å². The summed E-state index contributed by atoms with van der Waals surface area (Å²) in [6, 6.07) is -0.801. The second kappa shape index (κ2) is 4.52. The molecule has 0 unspecified atom stereocenters. The third kappa shape index (κ3) is 1.92. The summed E-state index contributed by atoms with van der Waals surface area (Å²) >= 11 is 0. The second-order valence-electron chi connectivity index (χ2n) is 4.30. The Morgan fingerprint density at radius 1 is 1.39 bits per heavy atom. The fourth-order valence-corrected chi connectivity index (χ4v) is 2.02. The van der Waals surface area contributed by atoms with Crippen molar-refractivity contribution in [1.82, 2.24) is 9.55 Å². The summed E-state index contributed by atoms with van der Waals surface area (Å²) in [6.45, 7) is 1.13. The Hall–Kier alpha value is -1.70. The number of aromatic amines is 1. The number of nitrogens with zero attached hydrogens (tertiary/aromatic N) is 1. The summed E-state index contributed by atoms with van der Waals surface area (Å²) in [5.41, 5.74) is -0.585. The lowest BCUT2D eigenvalue weighted by atomic mass is 10.1. The molecule has 18 heavy (non-hydrogen) atoms. The Balaban J connectivity index is 2.51. The molecule has 0 radical (unpaired) electrons. The molecule has 98 valence electrons. The van der Waals surface area contributed by atoms with Crippen molar-refractivity contribution in [2.75, 3.05) is 6.61 Å². The van der Waals surface area contributed by atoms with Crippen LogP contribution in [0.5, 0.6) is 0 Å². The molecule has 0 spiro atoms. The molecule has 1 aromatic rings. The van der Waals surface area contributed by atoms with Crippen LogP contribution in [-0.4, -0.2) is 43.7 Å². The van der Waals surface area contributed by atoms with Gasteiger partial charge in [0.1, 0.15) is 12.2 Å². The van der Waals surface area contributed by atoms with Crippen LogP contribution in [0.15, 0.2) is 27.4 Å². The first kappa shape index (κ1) is 12.7. The number of rotatable bonds is 2. The summed E-state index contributed by atoms with van der Waals surface area (Å²) in [7, 11) is 0. The highest BCUT2D eigenvalue weighted by Gasteiger charge is 2.35. The van der Waals surface area contributed by atoms with Crippen LogP contribution in [0, 0.1) is 6.92 Å². The summed E-state index contributed by atoms with van der Waals surface area (Å²) in [6.07, 6.45) is 0.307. The van der Waals surface area contributed by atoms with E-state index in [2.05, 4.69) is 4.98 Å². The monoisotopic (exact) mass is 254 g/mol. The first-order valence-electron chi connectivity index (χ1n) is 5.45. The molecule has 7 nitrogen and oxygen atoms in total. The molecule has 0 fully saturated rings. The quantitative estimate of drug-likeness (QED) is 0.457. The Labute approximate surface area is 102 Å². The molecule has 0 aliphatic heterocycles. The SMILES string of the molecule is Cc1cn([C@H]2C=C(CO)[C@H](O)[C@@H]2O)c(=O)[nH]c1=O. The summed E-state index contributed by atoms with van der Waals surface area (Å²) in [4.78, 5) is 25.0. The third-order valence-corrected chi connectivity index (χ3v) is 3.09. The Morgan fingerprint density at radius 2 is 2.06 bits per heavy atom. The standard InChI is InChI=1S/C11H14N2O5/c1-5-3-13(11(18)12-10(5)17)7-2-6(4-14)8(15)9(7)16/h2-3,7-9,14-16H,4H2,1H3,(H,12,17,18)/t7-,8-,9+/m0/s1. The van der Waals surface area contributed by atoms with Crippen LogP contribution < -0.4 is 11.2 Å². The van der Waals surface area contributed by atoms with Crippen molar-refractivity contribution in [3.63, 3.8) is 0 Å². The van der Waals surface area contributed by atoms with E-state index in [0.29, 0.717) is 5.56 Å². The second-order valence-corrected chi connectivity index (χ2v) is 4.30. The van der Waals surface area contributed by atoms with Crippen molar-refractivity contribution in [2.45, 2.75) is 25.2 Å². The Bertz CT molecular complexity index is 600. The van der Waals surface area contributed by atoms with Crippen LogP contribution >= 0.6 is 0 Å². The average molecular weight is 254 g/mol. The number of hydrogen-bond acceptors (Lipinski definition) is 5. The zero-order chi connectivity index (χ0) is 13.4. The molecule has 1 aromatic heterocycles. The van der Waals surface area contributed by atoms with Gasteiger partial charge in [-0.3, -0.25) is 14.3 Å². The minimum absolute atomic E-state index is 0.253. The van der Waals surface area contributed by atoms with Crippen molar-refractivity contribution in [3.8, 4) is 0 Å². The number of H-pyrrole nitrogens is 1. The van der Waals surface area contributed by atoms with Crippen molar-refractivity contribution in [2.24, 2.45) is 0 Å². The van der Waals surface area contributed by atoms with E-state index in [9.17, 15) is 19.8 Å². The highest BCUT2D eigenvalue weighted by atomic mass is 16.3. The van der Waals surface area contributed by atoms with Crippen LogP contribution in [0.4, 0.5) is 0 Å². The van der Waals surface area contributed by atoms with E-state index in [1.165, 1.54) is 19.2 Å². The van der Waals surface area contributed by atoms with Gasteiger partial charge in [-0.2, -0.15) is 0 Å². The number of aliphatic hydroxyl groups is 3. The first-order valence-corrected chi connectivity index (χ1v) is 5.45. The predicted octanol–water partition coefficient (Wildman–Crippen LogP) is -1.96. The number of aromatic nitrogens is 2. The maximum atomic E-state index is 11.6. The molecule has 0 amide bonds. The Kier molecular flexibility index (Phi) is 3.20. The van der Waals surface area contributed by atoms with Gasteiger partial charge >= 0.3 is 5.69 Å². The number of aryl methyl sites for hydroxylation is 1. The zero-order valence-corrected chi connectivity index (χ0v) is 9.70. The Morgan fingerprint density at radius 3 is 2.61 bits per heavy atom. The van der Waals surface area contributed by atoms with Gasteiger partial charge in [0, 0.05) is 11.8 Å². The number of aliphatic hydroxyl groups excluding tert-OH is 3. The van der Waals surface area contributed by atoms with Crippen LogP contribution in [0.1, 0.15) is 11.6 Å². The minimum Gasteiger partial charge on any atom is -0.392 e. The smallest absolute Gasteiger partial charge is 0.328 e. The van der Waals surface area contributed by atoms with Crippen LogP contribution in [0.2, 0.25) is 0 Å². The van der Waals surface area contributed by atoms with E-state index in [4.69, 9.17) is 5.11 Å².